The van der Waals surface area contributed by atoms with Gasteiger partial charge in [-0.1, -0.05) is 0 Å². The monoisotopic (exact) mass is 223 g/mol. The quantitative estimate of drug-likeness (QED) is 0.796. The van der Waals surface area contributed by atoms with Crippen LogP contribution in [0.1, 0.15) is 5.56 Å². The van der Waals surface area contributed by atoms with E-state index in [1.165, 1.54) is 0 Å². The number of morpholine rings is 1. The Balaban J connectivity index is 1.78. The molecule has 1 aliphatic rings. The van der Waals surface area contributed by atoms with Gasteiger partial charge < -0.3 is 19.5 Å². The molecule has 0 atom stereocenters. The highest BCUT2D eigenvalue weighted by Crippen LogP contribution is 2.01. The molecule has 88 valence electrons. The lowest BCUT2D eigenvalue weighted by molar-refractivity contribution is 0.0531. The highest BCUT2D eigenvalue weighted by Gasteiger charge is 2.15. The predicted molar refractivity (Wildman–Crippen MR) is 60.0 cm³/mol. The van der Waals surface area contributed by atoms with E-state index in [1.54, 1.807) is 4.90 Å². The highest BCUT2D eigenvalue weighted by molar-refractivity contribution is 5.74. The zero-order chi connectivity index (χ0) is 11.4. The van der Waals surface area contributed by atoms with Gasteiger partial charge in [-0.15, -0.1) is 0 Å². The number of hydrogen-bond donors (Lipinski definition) is 1. The largest absolute Gasteiger partial charge is 0.378 e. The van der Waals surface area contributed by atoms with Crippen LogP contribution in [0.4, 0.5) is 4.79 Å². The van der Waals surface area contributed by atoms with Gasteiger partial charge in [0.1, 0.15) is 0 Å². The molecule has 0 spiro atoms. The minimum atomic E-state index is -0.00727. The molecule has 0 saturated carbocycles. The summed E-state index contributed by atoms with van der Waals surface area (Å²) in [5.74, 6) is 0. The first-order valence-electron chi connectivity index (χ1n) is 5.47. The number of aromatic nitrogens is 1. The van der Waals surface area contributed by atoms with Gasteiger partial charge in [0.25, 0.3) is 0 Å². The molecule has 2 rings (SSSR count). The molecule has 1 fully saturated rings. The summed E-state index contributed by atoms with van der Waals surface area (Å²) >= 11 is 0. The Morgan fingerprint density at radius 2 is 2.25 bits per heavy atom. The maximum atomic E-state index is 11.7. The van der Waals surface area contributed by atoms with Crippen LogP contribution >= 0.6 is 0 Å². The van der Waals surface area contributed by atoms with Crippen molar-refractivity contribution in [1.82, 2.24) is 14.8 Å². The molecule has 1 aliphatic heterocycles. The van der Waals surface area contributed by atoms with E-state index >= 15 is 0 Å². The molecule has 1 saturated heterocycles. The van der Waals surface area contributed by atoms with E-state index in [2.05, 4.69) is 5.32 Å². The van der Waals surface area contributed by atoms with Gasteiger partial charge in [0.15, 0.2) is 0 Å². The van der Waals surface area contributed by atoms with Crippen molar-refractivity contribution in [2.75, 3.05) is 26.3 Å². The number of hydrogen-bond acceptors (Lipinski definition) is 2. The lowest BCUT2D eigenvalue weighted by atomic mass is 10.3. The van der Waals surface area contributed by atoms with Crippen LogP contribution in [0, 0.1) is 0 Å². The fourth-order valence-electron chi connectivity index (χ4n) is 1.72. The second-order valence-electron chi connectivity index (χ2n) is 3.94. The average Bonchev–Trinajstić information content (AvgIpc) is 2.73. The molecular formula is C11H17N3O2. The second-order valence-corrected chi connectivity index (χ2v) is 3.94. The van der Waals surface area contributed by atoms with E-state index in [4.69, 9.17) is 4.74 Å². The molecule has 1 N–H and O–H groups in total. The van der Waals surface area contributed by atoms with E-state index in [1.807, 2.05) is 30.1 Å². The smallest absolute Gasteiger partial charge is 0.317 e. The van der Waals surface area contributed by atoms with Gasteiger partial charge in [0, 0.05) is 39.1 Å². The van der Waals surface area contributed by atoms with Crippen LogP contribution < -0.4 is 5.32 Å². The highest BCUT2D eigenvalue weighted by atomic mass is 16.5. The number of urea groups is 1. The molecule has 0 radical (unpaired) electrons. The molecule has 0 aliphatic carbocycles. The Bertz CT molecular complexity index is 356. The van der Waals surface area contributed by atoms with Crippen molar-refractivity contribution in [3.63, 3.8) is 0 Å². The van der Waals surface area contributed by atoms with Crippen molar-refractivity contribution >= 4 is 6.03 Å². The summed E-state index contributed by atoms with van der Waals surface area (Å²) in [6, 6.07) is 1.99. The van der Waals surface area contributed by atoms with Crippen molar-refractivity contribution in [1.29, 1.82) is 0 Å². The summed E-state index contributed by atoms with van der Waals surface area (Å²) in [4.78, 5) is 13.5. The Morgan fingerprint density at radius 1 is 1.50 bits per heavy atom. The molecular weight excluding hydrogens is 206 g/mol. The third-order valence-electron chi connectivity index (χ3n) is 2.64. The molecule has 2 amide bonds. The van der Waals surface area contributed by atoms with Crippen molar-refractivity contribution in [3.05, 3.63) is 24.0 Å². The minimum Gasteiger partial charge on any atom is -0.378 e. The van der Waals surface area contributed by atoms with Gasteiger partial charge in [-0.25, -0.2) is 4.79 Å². The normalized spacial score (nSPS) is 16.2. The summed E-state index contributed by atoms with van der Waals surface area (Å²) in [5, 5.41) is 2.90. The predicted octanol–water partition coefficient (Wildman–Crippen LogP) is 0.567. The summed E-state index contributed by atoms with van der Waals surface area (Å²) in [6.45, 7) is 3.22. The van der Waals surface area contributed by atoms with Gasteiger partial charge >= 0.3 is 6.03 Å². The maximum absolute atomic E-state index is 11.7. The van der Waals surface area contributed by atoms with Gasteiger partial charge in [-0.05, 0) is 11.6 Å². The third kappa shape index (κ3) is 2.76. The fraction of sp³-hybridized carbons (Fsp3) is 0.545. The van der Waals surface area contributed by atoms with E-state index in [0.29, 0.717) is 32.8 Å². The number of amides is 2. The molecule has 0 aromatic carbocycles. The standard InChI is InChI=1S/C11H17N3O2/c1-13-3-2-10(9-13)8-12-11(15)14-4-6-16-7-5-14/h2-3,9H,4-8H2,1H3,(H,12,15). The minimum absolute atomic E-state index is 0.00727. The van der Waals surface area contributed by atoms with E-state index in [9.17, 15) is 4.79 Å². The second kappa shape index (κ2) is 5.03. The van der Waals surface area contributed by atoms with Crippen LogP contribution in [0.5, 0.6) is 0 Å². The van der Waals surface area contributed by atoms with E-state index < -0.39 is 0 Å². The summed E-state index contributed by atoms with van der Waals surface area (Å²) in [6.07, 6.45) is 3.97. The Hall–Kier alpha value is -1.49. The van der Waals surface area contributed by atoms with Crippen molar-refractivity contribution in [2.45, 2.75) is 6.54 Å². The summed E-state index contributed by atoms with van der Waals surface area (Å²) in [5.41, 5.74) is 1.11. The summed E-state index contributed by atoms with van der Waals surface area (Å²) < 4.78 is 7.16. The number of ether oxygens (including phenoxy) is 1. The zero-order valence-electron chi connectivity index (χ0n) is 9.48. The molecule has 2 heterocycles. The SMILES string of the molecule is Cn1ccc(CNC(=O)N2CCOCC2)c1. The van der Waals surface area contributed by atoms with Crippen molar-refractivity contribution in [3.8, 4) is 0 Å². The topological polar surface area (TPSA) is 46.5 Å². The Labute approximate surface area is 95.0 Å². The van der Waals surface area contributed by atoms with Crippen molar-refractivity contribution < 1.29 is 9.53 Å². The van der Waals surface area contributed by atoms with Crippen LogP contribution in [0.25, 0.3) is 0 Å². The number of carbonyl (C=O) groups is 1. The van der Waals surface area contributed by atoms with Crippen LogP contribution in [-0.4, -0.2) is 41.8 Å². The molecule has 1 aromatic rings. The lowest BCUT2D eigenvalue weighted by Gasteiger charge is -2.26. The van der Waals surface area contributed by atoms with Crippen LogP contribution in [-0.2, 0) is 18.3 Å². The third-order valence-corrected chi connectivity index (χ3v) is 2.64. The van der Waals surface area contributed by atoms with Crippen LogP contribution in [0.2, 0.25) is 0 Å². The first-order valence-corrected chi connectivity index (χ1v) is 5.47. The van der Waals surface area contributed by atoms with E-state index in [-0.39, 0.29) is 6.03 Å². The van der Waals surface area contributed by atoms with Gasteiger partial charge in [-0.2, -0.15) is 0 Å². The first-order chi connectivity index (χ1) is 7.75. The Morgan fingerprint density at radius 3 is 2.88 bits per heavy atom. The number of nitrogens with zero attached hydrogens (tertiary/aromatic N) is 2. The molecule has 0 unspecified atom stereocenters. The first kappa shape index (κ1) is 11.0. The number of aryl methyl sites for hydroxylation is 1. The number of rotatable bonds is 2. The fourth-order valence-corrected chi connectivity index (χ4v) is 1.72. The molecule has 0 bridgehead atoms. The van der Waals surface area contributed by atoms with Crippen LogP contribution in [0.15, 0.2) is 18.5 Å². The zero-order valence-corrected chi connectivity index (χ0v) is 9.48. The molecule has 16 heavy (non-hydrogen) atoms. The lowest BCUT2D eigenvalue weighted by Crippen LogP contribution is -2.45. The average molecular weight is 223 g/mol. The summed E-state index contributed by atoms with van der Waals surface area (Å²) in [7, 11) is 1.97. The Kier molecular flexibility index (Phi) is 3.46. The number of nitrogens with one attached hydrogen (secondary N) is 1. The van der Waals surface area contributed by atoms with Crippen molar-refractivity contribution in [2.24, 2.45) is 7.05 Å². The maximum Gasteiger partial charge on any atom is 0.317 e. The number of carbonyl (C=O) groups excluding carboxylic acids is 1. The molecule has 1 aromatic heterocycles. The molecule has 5 heteroatoms. The van der Waals surface area contributed by atoms with Crippen LogP contribution in [0.3, 0.4) is 0 Å². The van der Waals surface area contributed by atoms with Gasteiger partial charge in [0.2, 0.25) is 0 Å². The van der Waals surface area contributed by atoms with Gasteiger partial charge in [0.05, 0.1) is 13.2 Å². The van der Waals surface area contributed by atoms with Gasteiger partial charge in [-0.3, -0.25) is 0 Å². The van der Waals surface area contributed by atoms with E-state index in [0.717, 1.165) is 5.56 Å². The molecule has 5 nitrogen and oxygen atoms in total.